The molecule has 0 N–H and O–H groups in total. The topological polar surface area (TPSA) is 73.4 Å². The van der Waals surface area contributed by atoms with E-state index in [0.717, 1.165) is 42.2 Å². The van der Waals surface area contributed by atoms with Crippen LogP contribution in [-0.4, -0.2) is 44.7 Å². The summed E-state index contributed by atoms with van der Waals surface area (Å²) in [6.07, 6.45) is 1.80. The Hall–Kier alpha value is -2.15. The van der Waals surface area contributed by atoms with Gasteiger partial charge in [0, 0.05) is 30.4 Å². The fourth-order valence-corrected chi connectivity index (χ4v) is 3.81. The fourth-order valence-electron chi connectivity index (χ4n) is 3.81. The number of hydrogen-bond acceptors (Lipinski definition) is 5. The maximum atomic E-state index is 13.1. The molecule has 1 aliphatic heterocycles. The molecule has 0 unspecified atom stereocenters. The zero-order valence-corrected chi connectivity index (χ0v) is 15.9. The van der Waals surface area contributed by atoms with Gasteiger partial charge >= 0.3 is 0 Å². The molecule has 1 saturated carbocycles. The summed E-state index contributed by atoms with van der Waals surface area (Å²) in [6, 6.07) is 1.98. The molecule has 1 amide bonds. The van der Waals surface area contributed by atoms with Gasteiger partial charge in [-0.1, -0.05) is 5.16 Å². The summed E-state index contributed by atoms with van der Waals surface area (Å²) < 4.78 is 13.6. The molecule has 1 saturated heterocycles. The Balaban J connectivity index is 1.55. The standard InChI is InChI=1S/C19H26N4O3/c1-5-23-11(2)8-15(13(23)4)19(24)22-9-12(3)25-16(10-22)18-20-17(21-26-18)14-6-7-14/h8,12,14,16H,5-7,9-10H2,1-4H3/t12-,16-/m1/s1. The summed E-state index contributed by atoms with van der Waals surface area (Å²) in [5.41, 5.74) is 2.89. The molecule has 4 rings (SSSR count). The van der Waals surface area contributed by atoms with Gasteiger partial charge in [-0.15, -0.1) is 0 Å². The smallest absolute Gasteiger partial charge is 0.257 e. The maximum Gasteiger partial charge on any atom is 0.257 e. The molecule has 1 aliphatic carbocycles. The number of carbonyl (C=O) groups is 1. The highest BCUT2D eigenvalue weighted by Gasteiger charge is 2.36. The number of aryl methyl sites for hydroxylation is 1. The van der Waals surface area contributed by atoms with E-state index in [1.165, 1.54) is 0 Å². The van der Waals surface area contributed by atoms with Crippen LogP contribution in [0.5, 0.6) is 0 Å². The lowest BCUT2D eigenvalue weighted by Gasteiger charge is -2.35. The average molecular weight is 358 g/mol. The molecule has 2 fully saturated rings. The molecule has 0 aromatic carbocycles. The first-order chi connectivity index (χ1) is 12.5. The minimum atomic E-state index is -0.364. The van der Waals surface area contributed by atoms with Crippen molar-refractivity contribution >= 4 is 5.91 Å². The van der Waals surface area contributed by atoms with Crippen LogP contribution < -0.4 is 0 Å². The molecule has 7 heteroatoms. The predicted molar refractivity (Wildman–Crippen MR) is 95.0 cm³/mol. The van der Waals surface area contributed by atoms with E-state index < -0.39 is 0 Å². The second-order valence-corrected chi connectivity index (χ2v) is 7.44. The Morgan fingerprint density at radius 1 is 1.31 bits per heavy atom. The van der Waals surface area contributed by atoms with Gasteiger partial charge in [-0.2, -0.15) is 4.98 Å². The minimum Gasteiger partial charge on any atom is -0.362 e. The van der Waals surface area contributed by atoms with E-state index in [9.17, 15) is 4.79 Å². The number of morpholine rings is 1. The van der Waals surface area contributed by atoms with Gasteiger partial charge in [0.25, 0.3) is 11.8 Å². The van der Waals surface area contributed by atoms with E-state index >= 15 is 0 Å². The van der Waals surface area contributed by atoms with Crippen LogP contribution >= 0.6 is 0 Å². The summed E-state index contributed by atoms with van der Waals surface area (Å²) in [5, 5.41) is 4.07. The van der Waals surface area contributed by atoms with Gasteiger partial charge in [-0.3, -0.25) is 4.79 Å². The molecule has 3 heterocycles. The van der Waals surface area contributed by atoms with Gasteiger partial charge in [0.1, 0.15) is 0 Å². The van der Waals surface area contributed by atoms with E-state index in [1.54, 1.807) is 0 Å². The third-order valence-corrected chi connectivity index (χ3v) is 5.34. The van der Waals surface area contributed by atoms with Crippen LogP contribution in [-0.2, 0) is 11.3 Å². The number of aromatic nitrogens is 3. The van der Waals surface area contributed by atoms with Crippen molar-refractivity contribution in [2.75, 3.05) is 13.1 Å². The lowest BCUT2D eigenvalue weighted by atomic mass is 10.1. The first kappa shape index (κ1) is 17.3. The highest BCUT2D eigenvalue weighted by molar-refractivity contribution is 5.95. The monoisotopic (exact) mass is 358 g/mol. The molecule has 2 atom stereocenters. The van der Waals surface area contributed by atoms with E-state index in [2.05, 4.69) is 21.6 Å². The van der Waals surface area contributed by atoms with E-state index in [0.29, 0.717) is 24.9 Å². The summed E-state index contributed by atoms with van der Waals surface area (Å²) >= 11 is 0. The Morgan fingerprint density at radius 2 is 2.08 bits per heavy atom. The molecule has 2 aliphatic rings. The first-order valence-electron chi connectivity index (χ1n) is 9.42. The fraction of sp³-hybridized carbons (Fsp3) is 0.632. The van der Waals surface area contributed by atoms with Gasteiger partial charge in [-0.25, -0.2) is 0 Å². The van der Waals surface area contributed by atoms with Crippen LogP contribution in [0.2, 0.25) is 0 Å². The van der Waals surface area contributed by atoms with Crippen LogP contribution in [0.4, 0.5) is 0 Å². The van der Waals surface area contributed by atoms with Crippen molar-refractivity contribution in [2.24, 2.45) is 0 Å². The predicted octanol–water partition coefficient (Wildman–Crippen LogP) is 2.99. The van der Waals surface area contributed by atoms with Gasteiger partial charge in [0.05, 0.1) is 18.2 Å². The summed E-state index contributed by atoms with van der Waals surface area (Å²) in [4.78, 5) is 19.5. The number of carbonyl (C=O) groups excluding carboxylic acids is 1. The van der Waals surface area contributed by atoms with Gasteiger partial charge in [-0.05, 0) is 46.6 Å². The third kappa shape index (κ3) is 3.05. The van der Waals surface area contributed by atoms with E-state index in [-0.39, 0.29) is 18.1 Å². The molecule has 2 aromatic heterocycles. The Labute approximate surface area is 153 Å². The van der Waals surface area contributed by atoms with Crippen molar-refractivity contribution in [2.45, 2.75) is 65.2 Å². The number of amides is 1. The highest BCUT2D eigenvalue weighted by atomic mass is 16.5. The Kier molecular flexibility index (Phi) is 4.34. The summed E-state index contributed by atoms with van der Waals surface area (Å²) in [5.74, 6) is 1.73. The van der Waals surface area contributed by atoms with Crippen LogP contribution in [0.25, 0.3) is 0 Å². The summed E-state index contributed by atoms with van der Waals surface area (Å²) in [7, 11) is 0. The molecule has 26 heavy (non-hydrogen) atoms. The van der Waals surface area contributed by atoms with Crippen LogP contribution in [0.3, 0.4) is 0 Å². The van der Waals surface area contributed by atoms with Crippen molar-refractivity contribution in [1.82, 2.24) is 19.6 Å². The molecule has 2 aromatic rings. The van der Waals surface area contributed by atoms with Crippen molar-refractivity contribution in [3.63, 3.8) is 0 Å². The third-order valence-electron chi connectivity index (χ3n) is 5.34. The number of hydrogen-bond donors (Lipinski definition) is 0. The SMILES string of the molecule is CCn1c(C)cc(C(=O)N2C[C@@H](C)O[C@@H](c3nc(C4CC4)no3)C2)c1C. The van der Waals surface area contributed by atoms with Crippen molar-refractivity contribution in [3.8, 4) is 0 Å². The van der Waals surface area contributed by atoms with E-state index in [1.807, 2.05) is 31.7 Å². The minimum absolute atomic E-state index is 0.0416. The zero-order valence-electron chi connectivity index (χ0n) is 15.9. The lowest BCUT2D eigenvalue weighted by molar-refractivity contribution is -0.0810. The van der Waals surface area contributed by atoms with Crippen molar-refractivity contribution < 1.29 is 14.1 Å². The number of rotatable bonds is 4. The number of nitrogens with zero attached hydrogens (tertiary/aromatic N) is 4. The maximum absolute atomic E-state index is 13.1. The summed E-state index contributed by atoms with van der Waals surface area (Å²) in [6.45, 7) is 9.97. The molecule has 140 valence electrons. The largest absolute Gasteiger partial charge is 0.362 e. The second-order valence-electron chi connectivity index (χ2n) is 7.44. The Morgan fingerprint density at radius 3 is 2.73 bits per heavy atom. The quantitative estimate of drug-likeness (QED) is 0.840. The molecular formula is C19H26N4O3. The highest BCUT2D eigenvalue weighted by Crippen LogP contribution is 2.39. The van der Waals surface area contributed by atoms with Gasteiger partial charge in [0.15, 0.2) is 11.9 Å². The van der Waals surface area contributed by atoms with Crippen molar-refractivity contribution in [3.05, 3.63) is 34.7 Å². The van der Waals surface area contributed by atoms with E-state index in [4.69, 9.17) is 9.26 Å². The zero-order chi connectivity index (χ0) is 18.4. The molecular weight excluding hydrogens is 332 g/mol. The van der Waals surface area contributed by atoms with Crippen LogP contribution in [0, 0.1) is 13.8 Å². The normalized spacial score (nSPS) is 23.5. The average Bonchev–Trinajstić information content (AvgIpc) is 3.27. The number of ether oxygens (including phenoxy) is 1. The molecule has 0 bridgehead atoms. The Bertz CT molecular complexity index is 821. The first-order valence-corrected chi connectivity index (χ1v) is 9.42. The lowest BCUT2D eigenvalue weighted by Crippen LogP contribution is -2.46. The van der Waals surface area contributed by atoms with Crippen LogP contribution in [0.1, 0.15) is 72.2 Å². The van der Waals surface area contributed by atoms with Gasteiger partial charge in [0.2, 0.25) is 0 Å². The molecule has 0 spiro atoms. The molecule has 7 nitrogen and oxygen atoms in total. The molecule has 0 radical (unpaired) electrons. The van der Waals surface area contributed by atoms with Gasteiger partial charge < -0.3 is 18.7 Å². The second kappa shape index (κ2) is 6.54. The van der Waals surface area contributed by atoms with Crippen LogP contribution in [0.15, 0.2) is 10.6 Å². The van der Waals surface area contributed by atoms with Crippen molar-refractivity contribution in [1.29, 1.82) is 0 Å².